The van der Waals surface area contributed by atoms with E-state index in [1.807, 2.05) is 12.1 Å². The van der Waals surface area contributed by atoms with Crippen LogP contribution in [0.3, 0.4) is 0 Å². The number of nitriles is 1. The largest absolute Gasteiger partial charge is 0.492 e. The van der Waals surface area contributed by atoms with Crippen molar-refractivity contribution < 1.29 is 4.74 Å². The van der Waals surface area contributed by atoms with Crippen LogP contribution in [0.4, 0.5) is 0 Å². The van der Waals surface area contributed by atoms with Gasteiger partial charge in [0.15, 0.2) is 0 Å². The highest BCUT2D eigenvalue weighted by molar-refractivity contribution is 5.34. The fraction of sp³-hybridized carbons (Fsp3) is 0.562. The topological polar surface area (TPSA) is 48.3 Å². The molecule has 1 aromatic rings. The third kappa shape index (κ3) is 2.65. The number of fused-ring (bicyclic) bond motifs is 1. The third-order valence-corrected chi connectivity index (χ3v) is 4.69. The maximum Gasteiger partial charge on any atom is 0.119 e. The van der Waals surface area contributed by atoms with Gasteiger partial charge in [-0.05, 0) is 56.1 Å². The highest BCUT2D eigenvalue weighted by Gasteiger charge is 2.41. The summed E-state index contributed by atoms with van der Waals surface area (Å²) < 4.78 is 5.77. The number of nitrogens with one attached hydrogen (secondary N) is 1. The van der Waals surface area contributed by atoms with Crippen molar-refractivity contribution in [1.82, 2.24) is 10.2 Å². The molecule has 3 unspecified atom stereocenters. The van der Waals surface area contributed by atoms with E-state index < -0.39 is 0 Å². The van der Waals surface area contributed by atoms with E-state index in [2.05, 4.69) is 23.2 Å². The molecule has 1 aromatic carbocycles. The van der Waals surface area contributed by atoms with Crippen LogP contribution in [0.5, 0.6) is 5.75 Å². The molecule has 20 heavy (non-hydrogen) atoms. The van der Waals surface area contributed by atoms with Crippen LogP contribution in [0.2, 0.25) is 0 Å². The first-order chi connectivity index (χ1) is 9.78. The molecule has 4 heteroatoms. The average molecular weight is 271 g/mol. The van der Waals surface area contributed by atoms with Crippen molar-refractivity contribution in [3.05, 3.63) is 29.8 Å². The van der Waals surface area contributed by atoms with Gasteiger partial charge in [0.2, 0.25) is 0 Å². The average Bonchev–Trinajstić information content (AvgIpc) is 3.04. The lowest BCUT2D eigenvalue weighted by molar-refractivity contribution is 0.189. The van der Waals surface area contributed by atoms with Gasteiger partial charge in [0.1, 0.15) is 12.4 Å². The molecule has 0 amide bonds. The van der Waals surface area contributed by atoms with Gasteiger partial charge in [0.25, 0.3) is 0 Å². The third-order valence-electron chi connectivity index (χ3n) is 4.69. The second-order valence-corrected chi connectivity index (χ2v) is 5.80. The maximum atomic E-state index is 8.75. The summed E-state index contributed by atoms with van der Waals surface area (Å²) in [7, 11) is 0. The second-order valence-electron chi connectivity index (χ2n) is 5.80. The predicted molar refractivity (Wildman–Crippen MR) is 77.5 cm³/mol. The molecule has 2 aliphatic heterocycles. The number of benzene rings is 1. The van der Waals surface area contributed by atoms with Crippen LogP contribution in [0, 0.1) is 23.2 Å². The van der Waals surface area contributed by atoms with E-state index in [9.17, 15) is 0 Å². The molecule has 2 fully saturated rings. The number of nitrogens with zero attached hydrogens (tertiary/aromatic N) is 2. The molecule has 2 aliphatic rings. The lowest BCUT2D eigenvalue weighted by Crippen LogP contribution is -2.36. The van der Waals surface area contributed by atoms with Crippen LogP contribution < -0.4 is 10.1 Å². The first-order valence-corrected chi connectivity index (χ1v) is 7.35. The van der Waals surface area contributed by atoms with Gasteiger partial charge in [0, 0.05) is 19.1 Å². The zero-order chi connectivity index (χ0) is 13.9. The summed E-state index contributed by atoms with van der Waals surface area (Å²) in [5, 5.41) is 12.2. The van der Waals surface area contributed by atoms with E-state index in [-0.39, 0.29) is 0 Å². The SMILES string of the molecule is CC1C2CNCC2CN1CCOc1ccc(C#N)cc1. The van der Waals surface area contributed by atoms with Gasteiger partial charge < -0.3 is 10.1 Å². The Morgan fingerprint density at radius 2 is 2.15 bits per heavy atom. The Balaban J connectivity index is 1.47. The molecule has 106 valence electrons. The van der Waals surface area contributed by atoms with Crippen LogP contribution in [-0.4, -0.2) is 43.7 Å². The van der Waals surface area contributed by atoms with Crippen LogP contribution in [-0.2, 0) is 0 Å². The van der Waals surface area contributed by atoms with Crippen molar-refractivity contribution in [2.24, 2.45) is 11.8 Å². The molecule has 3 rings (SSSR count). The van der Waals surface area contributed by atoms with Crippen molar-refractivity contribution in [3.8, 4) is 11.8 Å². The number of rotatable bonds is 4. The van der Waals surface area contributed by atoms with E-state index in [0.29, 0.717) is 18.2 Å². The smallest absolute Gasteiger partial charge is 0.119 e. The molecule has 0 aromatic heterocycles. The van der Waals surface area contributed by atoms with Gasteiger partial charge in [-0.15, -0.1) is 0 Å². The van der Waals surface area contributed by atoms with Gasteiger partial charge in [-0.1, -0.05) is 0 Å². The van der Waals surface area contributed by atoms with E-state index >= 15 is 0 Å². The summed E-state index contributed by atoms with van der Waals surface area (Å²) >= 11 is 0. The molecule has 3 atom stereocenters. The molecule has 2 heterocycles. The van der Waals surface area contributed by atoms with Crippen LogP contribution >= 0.6 is 0 Å². The van der Waals surface area contributed by atoms with E-state index in [1.54, 1.807) is 12.1 Å². The zero-order valence-electron chi connectivity index (χ0n) is 11.9. The molecule has 0 radical (unpaired) electrons. The monoisotopic (exact) mass is 271 g/mol. The summed E-state index contributed by atoms with van der Waals surface area (Å²) in [5.74, 6) is 2.47. The molecule has 0 spiro atoms. The van der Waals surface area contributed by atoms with Gasteiger partial charge in [-0.2, -0.15) is 5.26 Å². The predicted octanol–water partition coefficient (Wildman–Crippen LogP) is 1.48. The summed E-state index contributed by atoms with van der Waals surface area (Å²) in [6, 6.07) is 10.1. The Morgan fingerprint density at radius 1 is 1.35 bits per heavy atom. The quantitative estimate of drug-likeness (QED) is 0.901. The minimum Gasteiger partial charge on any atom is -0.492 e. The highest BCUT2D eigenvalue weighted by atomic mass is 16.5. The van der Waals surface area contributed by atoms with Gasteiger partial charge in [-0.25, -0.2) is 0 Å². The number of hydrogen-bond donors (Lipinski definition) is 1. The maximum absolute atomic E-state index is 8.75. The molecular weight excluding hydrogens is 250 g/mol. The fourth-order valence-electron chi connectivity index (χ4n) is 3.46. The number of ether oxygens (including phenoxy) is 1. The molecular formula is C16H21N3O. The zero-order valence-corrected chi connectivity index (χ0v) is 11.9. The van der Waals surface area contributed by atoms with Gasteiger partial charge in [-0.3, -0.25) is 4.90 Å². The second kappa shape index (κ2) is 5.82. The Kier molecular flexibility index (Phi) is 3.90. The highest BCUT2D eigenvalue weighted by Crippen LogP contribution is 2.31. The molecule has 0 aliphatic carbocycles. The normalized spacial score (nSPS) is 29.1. The van der Waals surface area contributed by atoms with Crippen LogP contribution in [0.1, 0.15) is 12.5 Å². The first-order valence-electron chi connectivity index (χ1n) is 7.35. The van der Waals surface area contributed by atoms with Crippen LogP contribution in [0.15, 0.2) is 24.3 Å². The standard InChI is InChI=1S/C16H21N3O/c1-12-16-10-18-9-14(16)11-19(12)6-7-20-15-4-2-13(8-17)3-5-15/h2-5,12,14,16,18H,6-7,9-11H2,1H3. The summed E-state index contributed by atoms with van der Waals surface area (Å²) in [6.07, 6.45) is 0. The van der Waals surface area contributed by atoms with Crippen molar-refractivity contribution in [1.29, 1.82) is 5.26 Å². The number of likely N-dealkylation sites (tertiary alicyclic amines) is 1. The van der Waals surface area contributed by atoms with Gasteiger partial charge in [0.05, 0.1) is 11.6 Å². The Bertz CT molecular complexity index is 493. The summed E-state index contributed by atoms with van der Waals surface area (Å²) in [6.45, 7) is 7.55. The van der Waals surface area contributed by atoms with Crippen molar-refractivity contribution in [2.45, 2.75) is 13.0 Å². The molecule has 2 saturated heterocycles. The van der Waals surface area contributed by atoms with Gasteiger partial charge >= 0.3 is 0 Å². The van der Waals surface area contributed by atoms with E-state index in [4.69, 9.17) is 10.00 Å². The first kappa shape index (κ1) is 13.4. The minimum absolute atomic E-state index is 0.652. The Morgan fingerprint density at radius 3 is 2.85 bits per heavy atom. The number of hydrogen-bond acceptors (Lipinski definition) is 4. The minimum atomic E-state index is 0.652. The molecule has 1 N–H and O–H groups in total. The Hall–Kier alpha value is -1.57. The lowest BCUT2D eigenvalue weighted by atomic mass is 9.95. The van der Waals surface area contributed by atoms with E-state index in [1.165, 1.54) is 19.6 Å². The summed E-state index contributed by atoms with van der Waals surface area (Å²) in [4.78, 5) is 2.54. The van der Waals surface area contributed by atoms with Crippen molar-refractivity contribution >= 4 is 0 Å². The van der Waals surface area contributed by atoms with Crippen LogP contribution in [0.25, 0.3) is 0 Å². The van der Waals surface area contributed by atoms with E-state index in [0.717, 1.165) is 24.1 Å². The van der Waals surface area contributed by atoms with Crippen molar-refractivity contribution in [2.75, 3.05) is 32.8 Å². The molecule has 0 saturated carbocycles. The lowest BCUT2D eigenvalue weighted by Gasteiger charge is -2.24. The van der Waals surface area contributed by atoms with Crippen molar-refractivity contribution in [3.63, 3.8) is 0 Å². The summed E-state index contributed by atoms with van der Waals surface area (Å²) in [5.41, 5.74) is 0.672. The molecule has 4 nitrogen and oxygen atoms in total. The molecule has 0 bridgehead atoms. The Labute approximate surface area is 120 Å². The fourth-order valence-corrected chi connectivity index (χ4v) is 3.46.